The largest absolute Gasteiger partial charge is 0.417 e. The molecule has 1 aromatic carbocycles. The van der Waals surface area contributed by atoms with Crippen LogP contribution in [0.2, 0.25) is 0 Å². The second kappa shape index (κ2) is 5.61. The van der Waals surface area contributed by atoms with Gasteiger partial charge in [-0.15, -0.1) is 0 Å². The highest BCUT2D eigenvalue weighted by Gasteiger charge is 2.35. The number of nitrogens with one attached hydrogen (secondary N) is 1. The smallest absolute Gasteiger partial charge is 0.346 e. The van der Waals surface area contributed by atoms with Crippen LogP contribution in [0.5, 0.6) is 0 Å². The van der Waals surface area contributed by atoms with Crippen molar-refractivity contribution in [2.45, 2.75) is 32.0 Å². The molecule has 106 valence electrons. The minimum atomic E-state index is -4.56. The van der Waals surface area contributed by atoms with E-state index in [0.717, 1.165) is 12.1 Å². The maximum atomic E-state index is 12.8. The topological polar surface area (TPSA) is 55.1 Å². The van der Waals surface area contributed by atoms with Crippen molar-refractivity contribution in [3.63, 3.8) is 0 Å². The number of alkyl halides is 3. The molecule has 1 aromatic rings. The number of nitrogens with two attached hydrogens (primary N) is 1. The second-order valence-corrected chi connectivity index (χ2v) is 4.62. The van der Waals surface area contributed by atoms with Crippen LogP contribution in [0.3, 0.4) is 0 Å². The number of rotatable bonds is 4. The Balaban J connectivity index is 3.08. The lowest BCUT2D eigenvalue weighted by Gasteiger charge is -2.28. The van der Waals surface area contributed by atoms with E-state index in [-0.39, 0.29) is 12.1 Å². The molecule has 0 radical (unpaired) electrons. The summed E-state index contributed by atoms with van der Waals surface area (Å²) in [6, 6.07) is 4.70. The van der Waals surface area contributed by atoms with Gasteiger partial charge in [0.05, 0.1) is 11.1 Å². The minimum absolute atomic E-state index is 0.156. The first-order valence-corrected chi connectivity index (χ1v) is 5.92. The standard InChI is InChI=1S/C13H17F3N2O/c1-3-12(2,8-17)18-11(19)9-6-4-5-7-10(9)13(14,15)16/h4-7H,3,8,17H2,1-2H3,(H,18,19). The molecule has 0 aliphatic heterocycles. The molecule has 0 aliphatic carbocycles. The van der Waals surface area contributed by atoms with Gasteiger partial charge in [0, 0.05) is 12.1 Å². The molecule has 19 heavy (non-hydrogen) atoms. The monoisotopic (exact) mass is 274 g/mol. The summed E-state index contributed by atoms with van der Waals surface area (Å²) in [6.07, 6.45) is -4.03. The number of benzene rings is 1. The van der Waals surface area contributed by atoms with Gasteiger partial charge in [-0.25, -0.2) is 0 Å². The first-order valence-electron chi connectivity index (χ1n) is 5.92. The second-order valence-electron chi connectivity index (χ2n) is 4.62. The number of hydrogen-bond acceptors (Lipinski definition) is 2. The Morgan fingerprint density at radius 2 is 1.89 bits per heavy atom. The van der Waals surface area contributed by atoms with E-state index in [2.05, 4.69) is 5.32 Å². The Labute approximate surface area is 110 Å². The molecule has 3 N–H and O–H groups in total. The predicted octanol–water partition coefficient (Wildman–Crippen LogP) is 2.56. The lowest BCUT2D eigenvalue weighted by molar-refractivity contribution is -0.137. The molecule has 0 aromatic heterocycles. The Hall–Kier alpha value is -1.56. The van der Waals surface area contributed by atoms with Crippen LogP contribution in [0.1, 0.15) is 36.2 Å². The SMILES string of the molecule is CCC(C)(CN)NC(=O)c1ccccc1C(F)(F)F. The normalized spacial score (nSPS) is 14.8. The number of carbonyl (C=O) groups is 1. The summed E-state index contributed by atoms with van der Waals surface area (Å²) < 4.78 is 38.4. The van der Waals surface area contributed by atoms with E-state index in [0.29, 0.717) is 6.42 Å². The maximum absolute atomic E-state index is 12.8. The third kappa shape index (κ3) is 3.70. The van der Waals surface area contributed by atoms with Gasteiger partial charge in [-0.05, 0) is 25.5 Å². The van der Waals surface area contributed by atoms with Crippen LogP contribution in [0, 0.1) is 0 Å². The van der Waals surface area contributed by atoms with Gasteiger partial charge in [-0.2, -0.15) is 13.2 Å². The van der Waals surface area contributed by atoms with Crippen LogP contribution in [0.15, 0.2) is 24.3 Å². The van der Waals surface area contributed by atoms with Crippen molar-refractivity contribution in [1.82, 2.24) is 5.32 Å². The molecule has 1 rings (SSSR count). The van der Waals surface area contributed by atoms with E-state index in [1.165, 1.54) is 12.1 Å². The van der Waals surface area contributed by atoms with Crippen LogP contribution in [0.4, 0.5) is 13.2 Å². The number of amides is 1. The summed E-state index contributed by atoms with van der Waals surface area (Å²) in [7, 11) is 0. The first kappa shape index (κ1) is 15.5. The van der Waals surface area contributed by atoms with E-state index in [1.54, 1.807) is 6.92 Å². The van der Waals surface area contributed by atoms with Gasteiger partial charge in [0.15, 0.2) is 0 Å². The molecular formula is C13H17F3N2O. The van der Waals surface area contributed by atoms with E-state index >= 15 is 0 Å². The van der Waals surface area contributed by atoms with E-state index < -0.39 is 23.2 Å². The van der Waals surface area contributed by atoms with Crippen molar-refractivity contribution in [2.75, 3.05) is 6.54 Å². The summed E-state index contributed by atoms with van der Waals surface area (Å²) in [5.74, 6) is -0.761. The van der Waals surface area contributed by atoms with Crippen LogP contribution in [0.25, 0.3) is 0 Å². The fourth-order valence-electron chi connectivity index (χ4n) is 1.55. The highest BCUT2D eigenvalue weighted by atomic mass is 19.4. The first-order chi connectivity index (χ1) is 8.73. The zero-order chi connectivity index (χ0) is 14.7. The Morgan fingerprint density at radius 3 is 2.37 bits per heavy atom. The van der Waals surface area contributed by atoms with Crippen molar-refractivity contribution in [3.05, 3.63) is 35.4 Å². The fraction of sp³-hybridized carbons (Fsp3) is 0.462. The summed E-state index contributed by atoms with van der Waals surface area (Å²) in [5, 5.41) is 2.56. The number of hydrogen-bond donors (Lipinski definition) is 2. The quantitative estimate of drug-likeness (QED) is 0.886. The van der Waals surface area contributed by atoms with Gasteiger partial charge in [0.1, 0.15) is 0 Å². The van der Waals surface area contributed by atoms with Crippen LogP contribution in [-0.2, 0) is 6.18 Å². The predicted molar refractivity (Wildman–Crippen MR) is 66.7 cm³/mol. The van der Waals surface area contributed by atoms with Crippen molar-refractivity contribution in [1.29, 1.82) is 0 Å². The Kier molecular flexibility index (Phi) is 4.57. The number of carbonyl (C=O) groups excluding carboxylic acids is 1. The molecule has 0 saturated heterocycles. The summed E-state index contributed by atoms with van der Waals surface area (Å²) in [5.41, 5.74) is 3.49. The van der Waals surface area contributed by atoms with Gasteiger partial charge >= 0.3 is 6.18 Å². The maximum Gasteiger partial charge on any atom is 0.417 e. The third-order valence-electron chi connectivity index (χ3n) is 3.12. The number of halogens is 3. The molecule has 0 spiro atoms. The molecule has 1 amide bonds. The van der Waals surface area contributed by atoms with E-state index in [9.17, 15) is 18.0 Å². The van der Waals surface area contributed by atoms with Gasteiger partial charge in [-0.1, -0.05) is 19.1 Å². The molecule has 0 bridgehead atoms. The Morgan fingerprint density at radius 1 is 1.32 bits per heavy atom. The molecular weight excluding hydrogens is 257 g/mol. The molecule has 0 saturated carbocycles. The van der Waals surface area contributed by atoms with Crippen molar-refractivity contribution in [3.8, 4) is 0 Å². The van der Waals surface area contributed by atoms with Crippen LogP contribution >= 0.6 is 0 Å². The zero-order valence-corrected chi connectivity index (χ0v) is 10.8. The fourth-order valence-corrected chi connectivity index (χ4v) is 1.55. The van der Waals surface area contributed by atoms with Crippen molar-refractivity contribution in [2.24, 2.45) is 5.73 Å². The summed E-state index contributed by atoms with van der Waals surface area (Å²) >= 11 is 0. The molecule has 0 heterocycles. The van der Waals surface area contributed by atoms with Crippen molar-refractivity contribution >= 4 is 5.91 Å². The van der Waals surface area contributed by atoms with Crippen molar-refractivity contribution < 1.29 is 18.0 Å². The molecule has 3 nitrogen and oxygen atoms in total. The van der Waals surface area contributed by atoms with Gasteiger partial charge in [0.25, 0.3) is 5.91 Å². The molecule has 0 fully saturated rings. The summed E-state index contributed by atoms with van der Waals surface area (Å²) in [4.78, 5) is 12.0. The highest BCUT2D eigenvalue weighted by Crippen LogP contribution is 2.32. The highest BCUT2D eigenvalue weighted by molar-refractivity contribution is 5.96. The van der Waals surface area contributed by atoms with Crippen LogP contribution < -0.4 is 11.1 Å². The molecule has 6 heteroatoms. The lowest BCUT2D eigenvalue weighted by Crippen LogP contribution is -2.51. The minimum Gasteiger partial charge on any atom is -0.346 e. The average Bonchev–Trinajstić information content (AvgIpc) is 2.37. The van der Waals surface area contributed by atoms with Gasteiger partial charge in [0.2, 0.25) is 0 Å². The Bertz CT molecular complexity index is 453. The van der Waals surface area contributed by atoms with Crippen LogP contribution in [-0.4, -0.2) is 18.0 Å². The lowest BCUT2D eigenvalue weighted by atomic mass is 9.97. The molecule has 1 unspecified atom stereocenters. The summed E-state index contributed by atoms with van der Waals surface area (Å²) in [6.45, 7) is 3.66. The molecule has 1 atom stereocenters. The molecule has 0 aliphatic rings. The third-order valence-corrected chi connectivity index (χ3v) is 3.12. The average molecular weight is 274 g/mol. The zero-order valence-electron chi connectivity index (χ0n) is 10.8. The van der Waals surface area contributed by atoms with Gasteiger partial charge < -0.3 is 11.1 Å². The van der Waals surface area contributed by atoms with E-state index in [4.69, 9.17) is 5.73 Å². The van der Waals surface area contributed by atoms with Gasteiger partial charge in [-0.3, -0.25) is 4.79 Å². The van der Waals surface area contributed by atoms with E-state index in [1.807, 2.05) is 6.92 Å².